The van der Waals surface area contributed by atoms with E-state index in [9.17, 15) is 4.79 Å². The summed E-state index contributed by atoms with van der Waals surface area (Å²) in [7, 11) is 0. The maximum absolute atomic E-state index is 12.1. The normalized spacial score (nSPS) is 14.6. The first-order valence-corrected chi connectivity index (χ1v) is 7.79. The van der Waals surface area contributed by atoms with Gasteiger partial charge >= 0.3 is 0 Å². The Morgan fingerprint density at radius 1 is 1.19 bits per heavy atom. The summed E-state index contributed by atoms with van der Waals surface area (Å²) in [4.78, 5) is 12.1. The summed E-state index contributed by atoms with van der Waals surface area (Å²) >= 11 is 0. The molecule has 1 aromatic rings. The third-order valence-corrected chi connectivity index (χ3v) is 3.59. The highest BCUT2D eigenvalue weighted by molar-refractivity contribution is 5.76. The molecule has 118 valence electrons. The van der Waals surface area contributed by atoms with E-state index < -0.39 is 0 Å². The van der Waals surface area contributed by atoms with E-state index >= 15 is 0 Å². The minimum Gasteiger partial charge on any atom is -0.350 e. The van der Waals surface area contributed by atoms with Crippen LogP contribution < -0.4 is 11.1 Å². The largest absolute Gasteiger partial charge is 0.350 e. The van der Waals surface area contributed by atoms with Crippen molar-refractivity contribution in [3.8, 4) is 0 Å². The Labute approximate surface area is 129 Å². The molecule has 0 aliphatic rings. The lowest BCUT2D eigenvalue weighted by Gasteiger charge is -2.23. The van der Waals surface area contributed by atoms with Crippen LogP contribution in [0.15, 0.2) is 24.3 Å². The van der Waals surface area contributed by atoms with Crippen molar-refractivity contribution in [1.82, 2.24) is 5.32 Å². The molecule has 0 spiro atoms. The third-order valence-electron chi connectivity index (χ3n) is 3.59. The second kappa shape index (κ2) is 7.60. The standard InChI is InChI=1S/C18H30N2O/c1-13(11-18(3,4)5)10-17(21)20-14(2)16-8-6-15(12-19)7-9-16/h6-9,13-14H,10-12,19H2,1-5H3,(H,20,21). The van der Waals surface area contributed by atoms with Gasteiger partial charge in [0.25, 0.3) is 0 Å². The molecule has 0 aromatic heterocycles. The van der Waals surface area contributed by atoms with Crippen LogP contribution in [0.25, 0.3) is 0 Å². The smallest absolute Gasteiger partial charge is 0.220 e. The summed E-state index contributed by atoms with van der Waals surface area (Å²) in [6, 6.07) is 8.13. The Morgan fingerprint density at radius 3 is 2.24 bits per heavy atom. The van der Waals surface area contributed by atoms with Gasteiger partial charge in [-0.3, -0.25) is 4.79 Å². The average Bonchev–Trinajstić information content (AvgIpc) is 2.36. The van der Waals surface area contributed by atoms with Gasteiger partial charge in [0, 0.05) is 13.0 Å². The minimum atomic E-state index is 0.0335. The van der Waals surface area contributed by atoms with Crippen molar-refractivity contribution in [3.05, 3.63) is 35.4 Å². The predicted octanol–water partition coefficient (Wildman–Crippen LogP) is 3.78. The van der Waals surface area contributed by atoms with Gasteiger partial charge < -0.3 is 11.1 Å². The van der Waals surface area contributed by atoms with E-state index in [1.807, 2.05) is 31.2 Å². The minimum absolute atomic E-state index is 0.0335. The maximum atomic E-state index is 12.1. The van der Waals surface area contributed by atoms with Gasteiger partial charge in [-0.15, -0.1) is 0 Å². The fraction of sp³-hybridized carbons (Fsp3) is 0.611. The number of benzene rings is 1. The Bertz CT molecular complexity index is 445. The van der Waals surface area contributed by atoms with Gasteiger partial charge in [0.1, 0.15) is 0 Å². The van der Waals surface area contributed by atoms with Crippen LogP contribution in [-0.4, -0.2) is 5.91 Å². The van der Waals surface area contributed by atoms with Crippen LogP contribution in [0.4, 0.5) is 0 Å². The highest BCUT2D eigenvalue weighted by Crippen LogP contribution is 2.26. The Morgan fingerprint density at radius 2 is 1.76 bits per heavy atom. The van der Waals surface area contributed by atoms with Crippen LogP contribution in [0.1, 0.15) is 64.6 Å². The van der Waals surface area contributed by atoms with Crippen molar-refractivity contribution in [2.75, 3.05) is 0 Å². The summed E-state index contributed by atoms with van der Waals surface area (Å²) in [5.74, 6) is 0.527. The zero-order valence-electron chi connectivity index (χ0n) is 14.1. The number of hydrogen-bond donors (Lipinski definition) is 2. The van der Waals surface area contributed by atoms with E-state index in [1.54, 1.807) is 0 Å². The molecule has 2 atom stereocenters. The lowest BCUT2D eigenvalue weighted by atomic mass is 9.84. The second-order valence-corrected chi connectivity index (χ2v) is 7.31. The van der Waals surface area contributed by atoms with Crippen molar-refractivity contribution in [2.24, 2.45) is 17.1 Å². The summed E-state index contributed by atoms with van der Waals surface area (Å²) in [6.07, 6.45) is 1.64. The van der Waals surface area contributed by atoms with Crippen molar-refractivity contribution in [3.63, 3.8) is 0 Å². The molecule has 0 bridgehead atoms. The fourth-order valence-electron chi connectivity index (χ4n) is 2.76. The summed E-state index contributed by atoms with van der Waals surface area (Å²) in [5, 5.41) is 3.08. The molecule has 0 saturated heterocycles. The van der Waals surface area contributed by atoms with Crippen LogP contribution >= 0.6 is 0 Å². The molecule has 0 heterocycles. The van der Waals surface area contributed by atoms with Gasteiger partial charge in [-0.05, 0) is 35.8 Å². The zero-order chi connectivity index (χ0) is 16.0. The molecule has 1 rings (SSSR count). The third kappa shape index (κ3) is 6.76. The molecule has 0 fully saturated rings. The molecule has 0 saturated carbocycles. The monoisotopic (exact) mass is 290 g/mol. The number of nitrogens with two attached hydrogens (primary N) is 1. The van der Waals surface area contributed by atoms with Gasteiger partial charge in [-0.25, -0.2) is 0 Å². The van der Waals surface area contributed by atoms with Gasteiger partial charge in [0.05, 0.1) is 6.04 Å². The highest BCUT2D eigenvalue weighted by atomic mass is 16.1. The first kappa shape index (κ1) is 17.7. The zero-order valence-corrected chi connectivity index (χ0v) is 14.1. The van der Waals surface area contributed by atoms with Crippen LogP contribution in [0.5, 0.6) is 0 Å². The number of amides is 1. The van der Waals surface area contributed by atoms with Crippen molar-refractivity contribution in [2.45, 2.75) is 60.0 Å². The van der Waals surface area contributed by atoms with Crippen molar-refractivity contribution < 1.29 is 4.79 Å². The van der Waals surface area contributed by atoms with E-state index in [0.29, 0.717) is 18.9 Å². The lowest BCUT2D eigenvalue weighted by Crippen LogP contribution is -2.28. The second-order valence-electron chi connectivity index (χ2n) is 7.31. The van der Waals surface area contributed by atoms with Gasteiger partial charge in [0.2, 0.25) is 5.91 Å². The molecule has 1 aromatic carbocycles. The topological polar surface area (TPSA) is 55.1 Å². The predicted molar refractivity (Wildman–Crippen MR) is 88.7 cm³/mol. The van der Waals surface area contributed by atoms with Crippen LogP contribution in [-0.2, 0) is 11.3 Å². The van der Waals surface area contributed by atoms with Crippen LogP contribution in [0, 0.1) is 11.3 Å². The molecular weight excluding hydrogens is 260 g/mol. The lowest BCUT2D eigenvalue weighted by molar-refractivity contribution is -0.122. The Hall–Kier alpha value is -1.35. The quantitative estimate of drug-likeness (QED) is 0.837. The van der Waals surface area contributed by atoms with E-state index in [0.717, 1.165) is 17.5 Å². The molecule has 0 radical (unpaired) electrons. The first-order valence-electron chi connectivity index (χ1n) is 7.79. The van der Waals surface area contributed by atoms with Crippen LogP contribution in [0.2, 0.25) is 0 Å². The summed E-state index contributed by atoms with van der Waals surface area (Å²) in [5.41, 5.74) is 8.08. The van der Waals surface area contributed by atoms with Gasteiger partial charge in [-0.2, -0.15) is 0 Å². The van der Waals surface area contributed by atoms with E-state index in [2.05, 4.69) is 33.0 Å². The highest BCUT2D eigenvalue weighted by Gasteiger charge is 2.18. The van der Waals surface area contributed by atoms with Crippen molar-refractivity contribution >= 4 is 5.91 Å². The number of nitrogens with one attached hydrogen (secondary N) is 1. The fourth-order valence-corrected chi connectivity index (χ4v) is 2.76. The molecule has 3 heteroatoms. The molecule has 0 aliphatic heterocycles. The number of rotatable bonds is 6. The van der Waals surface area contributed by atoms with E-state index in [4.69, 9.17) is 5.73 Å². The number of carbonyl (C=O) groups excluding carboxylic acids is 1. The van der Waals surface area contributed by atoms with Gasteiger partial charge in [-0.1, -0.05) is 52.0 Å². The van der Waals surface area contributed by atoms with Crippen LogP contribution in [0.3, 0.4) is 0 Å². The average molecular weight is 290 g/mol. The maximum Gasteiger partial charge on any atom is 0.220 e. The van der Waals surface area contributed by atoms with E-state index in [1.165, 1.54) is 0 Å². The molecule has 21 heavy (non-hydrogen) atoms. The Kier molecular flexibility index (Phi) is 6.41. The van der Waals surface area contributed by atoms with Gasteiger partial charge in [0.15, 0.2) is 0 Å². The van der Waals surface area contributed by atoms with Crippen molar-refractivity contribution in [1.29, 1.82) is 0 Å². The Balaban J connectivity index is 2.49. The molecule has 3 N–H and O–H groups in total. The summed E-state index contributed by atoms with van der Waals surface area (Å²) < 4.78 is 0. The summed E-state index contributed by atoms with van der Waals surface area (Å²) in [6.45, 7) is 11.3. The molecule has 1 amide bonds. The molecule has 3 nitrogen and oxygen atoms in total. The molecule has 2 unspecified atom stereocenters. The SMILES string of the molecule is CC(CC(=O)NC(C)c1ccc(CN)cc1)CC(C)(C)C. The van der Waals surface area contributed by atoms with E-state index in [-0.39, 0.29) is 17.4 Å². The molecular formula is C18H30N2O. The molecule has 0 aliphatic carbocycles. The first-order chi connectivity index (χ1) is 9.71. The number of hydrogen-bond acceptors (Lipinski definition) is 2. The number of carbonyl (C=O) groups is 1.